The molecule has 3 rings (SSSR count). The van der Waals surface area contributed by atoms with Crippen molar-refractivity contribution in [2.45, 2.75) is 57.8 Å². The number of nitrogens with zero attached hydrogens (tertiary/aromatic N) is 1. The van der Waals surface area contributed by atoms with Gasteiger partial charge in [0.1, 0.15) is 0 Å². The summed E-state index contributed by atoms with van der Waals surface area (Å²) < 4.78 is 0. The number of hydrogen-bond donors (Lipinski definition) is 1. The Morgan fingerprint density at radius 1 is 0.960 bits per heavy atom. The minimum Gasteiger partial charge on any atom is -0.370 e. The Kier molecular flexibility index (Phi) is 6.11. The number of primary amides is 1. The van der Waals surface area contributed by atoms with Gasteiger partial charge in [-0.25, -0.2) is 0 Å². The number of aryl methyl sites for hydroxylation is 1. The number of piperidine rings is 1. The van der Waals surface area contributed by atoms with Gasteiger partial charge in [-0.2, -0.15) is 0 Å². The second-order valence-corrected chi connectivity index (χ2v) is 7.74. The molecule has 136 valence electrons. The lowest BCUT2D eigenvalue weighted by molar-refractivity contribution is -0.136. The van der Waals surface area contributed by atoms with Crippen molar-refractivity contribution in [2.75, 3.05) is 13.1 Å². The fourth-order valence-corrected chi connectivity index (χ4v) is 4.23. The van der Waals surface area contributed by atoms with Crippen molar-refractivity contribution in [1.82, 2.24) is 4.90 Å². The lowest BCUT2D eigenvalue weighted by atomic mass is 9.89. The summed E-state index contributed by atoms with van der Waals surface area (Å²) in [6.45, 7) is 1.85. The zero-order valence-corrected chi connectivity index (χ0v) is 15.1. The van der Waals surface area contributed by atoms with Gasteiger partial charge < -0.3 is 10.6 Å². The molecule has 1 aromatic rings. The molecule has 1 saturated heterocycles. The number of rotatable bonds is 6. The Labute approximate surface area is 150 Å². The van der Waals surface area contributed by atoms with Gasteiger partial charge in [0.25, 0.3) is 0 Å². The first-order valence-corrected chi connectivity index (χ1v) is 9.76. The highest BCUT2D eigenvalue weighted by molar-refractivity contribution is 5.79. The summed E-state index contributed by atoms with van der Waals surface area (Å²) in [7, 11) is 0. The van der Waals surface area contributed by atoms with Crippen LogP contribution in [0.1, 0.15) is 56.1 Å². The molecule has 25 heavy (non-hydrogen) atoms. The molecule has 1 aromatic carbocycles. The largest absolute Gasteiger partial charge is 0.370 e. The minimum atomic E-state index is -0.247. The number of benzene rings is 1. The van der Waals surface area contributed by atoms with Crippen LogP contribution in [0.2, 0.25) is 0 Å². The van der Waals surface area contributed by atoms with Crippen molar-refractivity contribution in [2.24, 2.45) is 17.6 Å². The molecule has 0 unspecified atom stereocenters. The molecule has 4 nitrogen and oxygen atoms in total. The number of carbonyl (C=O) groups excluding carboxylic acids is 2. The van der Waals surface area contributed by atoms with E-state index in [0.29, 0.717) is 24.2 Å². The molecule has 0 radical (unpaired) electrons. The molecule has 0 bridgehead atoms. The first-order chi connectivity index (χ1) is 12.1. The molecule has 0 atom stereocenters. The van der Waals surface area contributed by atoms with E-state index in [9.17, 15) is 9.59 Å². The van der Waals surface area contributed by atoms with Crippen molar-refractivity contribution in [1.29, 1.82) is 0 Å². The van der Waals surface area contributed by atoms with Crippen LogP contribution < -0.4 is 5.73 Å². The van der Waals surface area contributed by atoms with Gasteiger partial charge in [0.05, 0.1) is 0 Å². The molecule has 1 aliphatic heterocycles. The van der Waals surface area contributed by atoms with E-state index in [0.717, 1.165) is 51.6 Å². The van der Waals surface area contributed by atoms with Crippen LogP contribution in [0.5, 0.6) is 0 Å². The Morgan fingerprint density at radius 3 is 2.16 bits per heavy atom. The van der Waals surface area contributed by atoms with E-state index in [1.54, 1.807) is 0 Å². The first kappa shape index (κ1) is 18.0. The molecule has 1 aliphatic carbocycles. The normalized spacial score (nSPS) is 19.3. The lowest BCUT2D eigenvalue weighted by Crippen LogP contribution is -2.41. The van der Waals surface area contributed by atoms with Gasteiger partial charge in [-0.1, -0.05) is 37.1 Å². The Hall–Kier alpha value is -1.84. The van der Waals surface area contributed by atoms with Crippen molar-refractivity contribution in [3.05, 3.63) is 35.4 Å². The molecule has 1 saturated carbocycles. The monoisotopic (exact) mass is 342 g/mol. The smallest absolute Gasteiger partial charge is 0.225 e. The van der Waals surface area contributed by atoms with Crippen molar-refractivity contribution < 1.29 is 9.59 Å². The summed E-state index contributed by atoms with van der Waals surface area (Å²) in [5, 5.41) is 0. The number of carbonyl (C=O) groups is 2. The van der Waals surface area contributed by atoms with Crippen LogP contribution in [0, 0.1) is 11.8 Å². The molecule has 0 spiro atoms. The van der Waals surface area contributed by atoms with E-state index in [4.69, 9.17) is 5.73 Å². The van der Waals surface area contributed by atoms with Crippen molar-refractivity contribution >= 4 is 11.8 Å². The van der Waals surface area contributed by atoms with E-state index in [2.05, 4.69) is 29.2 Å². The molecule has 2 N–H and O–H groups in total. The van der Waals surface area contributed by atoms with Gasteiger partial charge in [0.2, 0.25) is 11.8 Å². The van der Waals surface area contributed by atoms with Crippen molar-refractivity contribution in [3.8, 4) is 0 Å². The van der Waals surface area contributed by atoms with Gasteiger partial charge in [0.15, 0.2) is 0 Å². The topological polar surface area (TPSA) is 63.4 Å². The average molecular weight is 342 g/mol. The molecule has 2 fully saturated rings. The van der Waals surface area contributed by atoms with E-state index in [1.165, 1.54) is 24.0 Å². The third kappa shape index (κ3) is 5.07. The summed E-state index contributed by atoms with van der Waals surface area (Å²) in [4.78, 5) is 25.5. The summed E-state index contributed by atoms with van der Waals surface area (Å²) in [6, 6.07) is 8.56. The van der Waals surface area contributed by atoms with Crippen molar-refractivity contribution in [3.63, 3.8) is 0 Å². The molecule has 2 amide bonds. The highest BCUT2D eigenvalue weighted by Crippen LogP contribution is 2.29. The molecule has 4 heteroatoms. The SMILES string of the molecule is NC(=O)CCc1ccc(CC2CCN(C(=O)C3CCCC3)CC2)cc1. The quantitative estimate of drug-likeness (QED) is 0.863. The van der Waals surface area contributed by atoms with Crippen LogP contribution in [0.3, 0.4) is 0 Å². The summed E-state index contributed by atoms with van der Waals surface area (Å²) >= 11 is 0. The molecular weight excluding hydrogens is 312 g/mol. The summed E-state index contributed by atoms with van der Waals surface area (Å²) in [5.74, 6) is 1.14. The predicted molar refractivity (Wildman–Crippen MR) is 98.9 cm³/mol. The average Bonchev–Trinajstić information content (AvgIpc) is 3.16. The summed E-state index contributed by atoms with van der Waals surface area (Å²) in [6.07, 6.45) is 9.09. The number of amides is 2. The van der Waals surface area contributed by atoms with Gasteiger partial charge in [-0.15, -0.1) is 0 Å². The zero-order chi connectivity index (χ0) is 17.6. The number of hydrogen-bond acceptors (Lipinski definition) is 2. The Balaban J connectivity index is 1.44. The third-order valence-corrected chi connectivity index (χ3v) is 5.84. The first-order valence-electron chi connectivity index (χ1n) is 9.76. The van der Waals surface area contributed by atoms with Crippen LogP contribution in [0.25, 0.3) is 0 Å². The predicted octanol–water partition coefficient (Wildman–Crippen LogP) is 3.08. The van der Waals surface area contributed by atoms with E-state index in [-0.39, 0.29) is 5.91 Å². The Morgan fingerprint density at radius 2 is 1.56 bits per heavy atom. The maximum Gasteiger partial charge on any atom is 0.225 e. The fourth-order valence-electron chi connectivity index (χ4n) is 4.23. The van der Waals surface area contributed by atoms with E-state index >= 15 is 0 Å². The Bertz CT molecular complexity index is 582. The second kappa shape index (κ2) is 8.50. The standard InChI is InChI=1S/C21H30N2O2/c22-20(24)10-9-16-5-7-17(8-6-16)15-18-11-13-23(14-12-18)21(25)19-3-1-2-4-19/h5-8,18-19H,1-4,9-15H2,(H2,22,24). The van der Waals surface area contributed by atoms with E-state index < -0.39 is 0 Å². The fraction of sp³-hybridized carbons (Fsp3) is 0.619. The van der Waals surface area contributed by atoms with Gasteiger partial charge >= 0.3 is 0 Å². The highest BCUT2D eigenvalue weighted by atomic mass is 16.2. The maximum atomic E-state index is 12.5. The van der Waals surface area contributed by atoms with Crippen LogP contribution >= 0.6 is 0 Å². The van der Waals surface area contributed by atoms with E-state index in [1.807, 2.05) is 0 Å². The highest BCUT2D eigenvalue weighted by Gasteiger charge is 2.29. The molecule has 2 aliphatic rings. The van der Waals surface area contributed by atoms with Gasteiger partial charge in [-0.3, -0.25) is 9.59 Å². The maximum absolute atomic E-state index is 12.5. The molecule has 1 heterocycles. The minimum absolute atomic E-state index is 0.247. The summed E-state index contributed by atoms with van der Waals surface area (Å²) in [5.41, 5.74) is 7.72. The third-order valence-electron chi connectivity index (χ3n) is 5.84. The molecule has 0 aromatic heterocycles. The van der Waals surface area contributed by atoms with Gasteiger partial charge in [0, 0.05) is 25.4 Å². The van der Waals surface area contributed by atoms with Crippen LogP contribution in [0.4, 0.5) is 0 Å². The number of nitrogens with two attached hydrogens (primary N) is 1. The van der Waals surface area contributed by atoms with Gasteiger partial charge in [-0.05, 0) is 55.6 Å². The molecular formula is C21H30N2O2. The second-order valence-electron chi connectivity index (χ2n) is 7.74. The van der Waals surface area contributed by atoms with Crippen LogP contribution in [0.15, 0.2) is 24.3 Å². The lowest BCUT2D eigenvalue weighted by Gasteiger charge is -2.33. The number of likely N-dealkylation sites (tertiary alicyclic amines) is 1. The zero-order valence-electron chi connectivity index (χ0n) is 15.1. The van der Waals surface area contributed by atoms with Crippen LogP contribution in [-0.2, 0) is 22.4 Å². The van der Waals surface area contributed by atoms with Crippen LogP contribution in [-0.4, -0.2) is 29.8 Å².